The Morgan fingerprint density at radius 1 is 1.33 bits per heavy atom. The lowest BCUT2D eigenvalue weighted by Crippen LogP contribution is -2.11. The molecule has 66 valence electrons. The van der Waals surface area contributed by atoms with Crippen LogP contribution in [0.5, 0.6) is 5.75 Å². The summed E-state index contributed by atoms with van der Waals surface area (Å²) in [7, 11) is 0. The number of aliphatic hydroxyl groups excluding tert-OH is 1. The van der Waals surface area contributed by atoms with E-state index in [1.807, 2.05) is 6.07 Å². The van der Waals surface area contributed by atoms with Crippen LogP contribution in [0.15, 0.2) is 24.3 Å². The summed E-state index contributed by atoms with van der Waals surface area (Å²) in [6, 6.07) is 7.03. The van der Waals surface area contributed by atoms with Gasteiger partial charge in [-0.15, -0.1) is 0 Å². The van der Waals surface area contributed by atoms with Gasteiger partial charge in [0.2, 0.25) is 0 Å². The lowest BCUT2D eigenvalue weighted by Gasteiger charge is -2.07. The minimum atomic E-state index is -0.432. The third kappa shape index (κ3) is 2.50. The Labute approximate surface area is 80.0 Å². The van der Waals surface area contributed by atoms with Gasteiger partial charge in [-0.2, -0.15) is 0 Å². The maximum Gasteiger partial charge on any atom is 0.118 e. The molecule has 0 spiro atoms. The molecule has 0 aliphatic rings. The fraction of sp³-hybridized carbons (Fsp3) is 0.333. The number of hydrogen-bond donors (Lipinski definition) is 2. The topological polar surface area (TPSA) is 40.5 Å². The first-order valence-corrected chi connectivity index (χ1v) is 4.87. The number of para-hydroxylation sites is 1. The minimum absolute atomic E-state index is 0.248. The minimum Gasteiger partial charge on any atom is -0.508 e. The summed E-state index contributed by atoms with van der Waals surface area (Å²) in [6.45, 7) is 0. The van der Waals surface area contributed by atoms with Gasteiger partial charge in [-0.3, -0.25) is 0 Å². The molecule has 0 amide bonds. The number of hydrogen-bond acceptors (Lipinski definition) is 2. The molecule has 0 saturated carbocycles. The van der Waals surface area contributed by atoms with E-state index in [4.69, 9.17) is 0 Å². The van der Waals surface area contributed by atoms with Crippen molar-refractivity contribution < 1.29 is 10.2 Å². The number of benzene rings is 1. The van der Waals surface area contributed by atoms with Crippen molar-refractivity contribution in [3.63, 3.8) is 0 Å². The predicted molar refractivity (Wildman–Crippen MR) is 51.6 cm³/mol. The lowest BCUT2D eigenvalue weighted by atomic mass is 10.1. The van der Waals surface area contributed by atoms with E-state index in [9.17, 15) is 10.2 Å². The predicted octanol–water partition coefficient (Wildman–Crippen LogP) is 1.69. The summed E-state index contributed by atoms with van der Waals surface area (Å²) in [5.41, 5.74) is 0.782. The fourth-order valence-corrected chi connectivity index (χ4v) is 1.22. The van der Waals surface area contributed by atoms with Crippen molar-refractivity contribution in [3.8, 4) is 5.75 Å². The van der Waals surface area contributed by atoms with Gasteiger partial charge in [-0.25, -0.2) is 0 Å². The molecule has 0 bridgehead atoms. The zero-order valence-corrected chi connectivity index (χ0v) is 8.16. The van der Waals surface area contributed by atoms with Crippen LogP contribution in [0.1, 0.15) is 5.56 Å². The van der Waals surface area contributed by atoms with Crippen LogP contribution < -0.4 is 0 Å². The Kier molecular flexibility index (Phi) is 3.56. The molecule has 3 heteroatoms. The summed E-state index contributed by atoms with van der Waals surface area (Å²) < 4.78 is 0. The molecule has 0 fully saturated rings. The molecule has 2 nitrogen and oxygen atoms in total. The molecular formula is C9H11BrO2. The average Bonchev–Trinajstić information content (AvgIpc) is 2.09. The van der Waals surface area contributed by atoms with E-state index in [0.717, 1.165) is 5.56 Å². The largest absolute Gasteiger partial charge is 0.508 e. The molecule has 2 N–H and O–H groups in total. The zero-order chi connectivity index (χ0) is 8.97. The molecule has 0 aliphatic heterocycles. The fourth-order valence-electron chi connectivity index (χ4n) is 0.992. The molecule has 0 saturated heterocycles. The molecule has 0 aromatic heterocycles. The maximum absolute atomic E-state index is 9.33. The van der Waals surface area contributed by atoms with Gasteiger partial charge in [0.05, 0.1) is 6.10 Å². The molecule has 1 atom stereocenters. The van der Waals surface area contributed by atoms with Crippen LogP contribution in [0.3, 0.4) is 0 Å². The van der Waals surface area contributed by atoms with Crippen LogP contribution in [0.25, 0.3) is 0 Å². The first kappa shape index (κ1) is 9.55. The van der Waals surface area contributed by atoms with Gasteiger partial charge in [0.1, 0.15) is 5.75 Å². The van der Waals surface area contributed by atoms with E-state index >= 15 is 0 Å². The number of halogens is 1. The van der Waals surface area contributed by atoms with E-state index < -0.39 is 6.10 Å². The van der Waals surface area contributed by atoms with Crippen molar-refractivity contribution in [1.82, 2.24) is 0 Å². The van der Waals surface area contributed by atoms with Gasteiger partial charge < -0.3 is 10.2 Å². The number of alkyl halides is 1. The van der Waals surface area contributed by atoms with Gasteiger partial charge in [-0.1, -0.05) is 34.1 Å². The third-order valence-electron chi connectivity index (χ3n) is 1.63. The number of aliphatic hydroxyl groups is 1. The van der Waals surface area contributed by atoms with Crippen molar-refractivity contribution in [3.05, 3.63) is 29.8 Å². The second kappa shape index (κ2) is 4.48. The van der Waals surface area contributed by atoms with Crippen molar-refractivity contribution in [1.29, 1.82) is 0 Å². The van der Waals surface area contributed by atoms with Gasteiger partial charge in [0.15, 0.2) is 0 Å². The van der Waals surface area contributed by atoms with Gasteiger partial charge in [0.25, 0.3) is 0 Å². The smallest absolute Gasteiger partial charge is 0.118 e. The zero-order valence-electron chi connectivity index (χ0n) is 6.57. The molecule has 1 aromatic carbocycles. The SMILES string of the molecule is Oc1ccccc1C[C@@H](O)CBr. The molecule has 0 heterocycles. The molecular weight excluding hydrogens is 220 g/mol. The molecule has 0 aliphatic carbocycles. The van der Waals surface area contributed by atoms with Crippen molar-refractivity contribution in [2.75, 3.05) is 5.33 Å². The Morgan fingerprint density at radius 3 is 2.58 bits per heavy atom. The van der Waals surface area contributed by atoms with E-state index in [1.54, 1.807) is 18.2 Å². The van der Waals surface area contributed by atoms with E-state index in [0.29, 0.717) is 11.8 Å². The summed E-state index contributed by atoms with van der Waals surface area (Å²) in [5, 5.41) is 19.1. The van der Waals surface area contributed by atoms with Crippen LogP contribution in [-0.2, 0) is 6.42 Å². The van der Waals surface area contributed by atoms with E-state index in [1.165, 1.54) is 0 Å². The second-order valence-electron chi connectivity index (χ2n) is 2.64. The maximum atomic E-state index is 9.33. The molecule has 0 radical (unpaired) electrons. The lowest BCUT2D eigenvalue weighted by molar-refractivity contribution is 0.200. The summed E-state index contributed by atoms with van der Waals surface area (Å²) in [6.07, 6.45) is 0.0519. The Hall–Kier alpha value is -0.540. The van der Waals surface area contributed by atoms with Crippen LogP contribution in [0, 0.1) is 0 Å². The van der Waals surface area contributed by atoms with E-state index in [-0.39, 0.29) is 5.75 Å². The highest BCUT2D eigenvalue weighted by molar-refractivity contribution is 9.09. The Balaban J connectivity index is 2.69. The number of phenols is 1. The van der Waals surface area contributed by atoms with E-state index in [2.05, 4.69) is 15.9 Å². The second-order valence-corrected chi connectivity index (χ2v) is 3.29. The van der Waals surface area contributed by atoms with Crippen molar-refractivity contribution >= 4 is 15.9 Å². The summed E-state index contributed by atoms with van der Waals surface area (Å²) in [5.74, 6) is 0.248. The normalized spacial score (nSPS) is 12.8. The first-order chi connectivity index (χ1) is 5.74. The van der Waals surface area contributed by atoms with Gasteiger partial charge in [-0.05, 0) is 11.6 Å². The Morgan fingerprint density at radius 2 is 2.00 bits per heavy atom. The van der Waals surface area contributed by atoms with Crippen molar-refractivity contribution in [2.24, 2.45) is 0 Å². The number of aromatic hydroxyl groups is 1. The summed E-state index contributed by atoms with van der Waals surface area (Å²) >= 11 is 3.17. The highest BCUT2D eigenvalue weighted by atomic mass is 79.9. The molecule has 0 unspecified atom stereocenters. The monoisotopic (exact) mass is 230 g/mol. The highest BCUT2D eigenvalue weighted by Crippen LogP contribution is 2.17. The van der Waals surface area contributed by atoms with Gasteiger partial charge in [0, 0.05) is 11.8 Å². The third-order valence-corrected chi connectivity index (χ3v) is 2.37. The van der Waals surface area contributed by atoms with Crippen molar-refractivity contribution in [2.45, 2.75) is 12.5 Å². The average molecular weight is 231 g/mol. The standard InChI is InChI=1S/C9H11BrO2/c10-6-8(11)5-7-3-1-2-4-9(7)12/h1-4,8,11-12H,5-6H2/t8-/m1/s1. The Bertz CT molecular complexity index is 250. The van der Waals surface area contributed by atoms with Gasteiger partial charge >= 0.3 is 0 Å². The van der Waals surface area contributed by atoms with Crippen LogP contribution in [-0.4, -0.2) is 21.6 Å². The van der Waals surface area contributed by atoms with Crippen LogP contribution in [0.2, 0.25) is 0 Å². The van der Waals surface area contributed by atoms with Crippen LogP contribution in [0.4, 0.5) is 0 Å². The highest BCUT2D eigenvalue weighted by Gasteiger charge is 2.06. The number of rotatable bonds is 3. The molecule has 1 rings (SSSR count). The van der Waals surface area contributed by atoms with Crippen LogP contribution >= 0.6 is 15.9 Å². The first-order valence-electron chi connectivity index (χ1n) is 3.75. The number of phenolic OH excluding ortho intramolecular Hbond substituents is 1. The molecule has 12 heavy (non-hydrogen) atoms. The quantitative estimate of drug-likeness (QED) is 0.777. The molecule has 1 aromatic rings. The summed E-state index contributed by atoms with van der Waals surface area (Å²) in [4.78, 5) is 0.